The third-order valence-electron chi connectivity index (χ3n) is 4.00. The van der Waals surface area contributed by atoms with Crippen molar-refractivity contribution in [3.8, 4) is 0 Å². The molecule has 4 heteroatoms. The Kier molecular flexibility index (Phi) is 3.80. The Morgan fingerprint density at radius 2 is 2.24 bits per heavy atom. The number of hydrogen-bond donors (Lipinski definition) is 2. The number of hydrogen-bond acceptors (Lipinski definition) is 3. The Labute approximate surface area is 124 Å². The molecule has 0 fully saturated rings. The van der Waals surface area contributed by atoms with Crippen LogP contribution in [0.5, 0.6) is 0 Å². The lowest BCUT2D eigenvalue weighted by molar-refractivity contribution is 0.0930. The first-order chi connectivity index (χ1) is 10.2. The molecule has 0 radical (unpaired) electrons. The second-order valence-corrected chi connectivity index (χ2v) is 5.51. The van der Waals surface area contributed by atoms with Crippen LogP contribution >= 0.6 is 0 Å². The van der Waals surface area contributed by atoms with Crippen molar-refractivity contribution in [1.29, 1.82) is 0 Å². The van der Waals surface area contributed by atoms with E-state index < -0.39 is 0 Å². The molecule has 110 valence electrons. The van der Waals surface area contributed by atoms with E-state index in [2.05, 4.69) is 16.7 Å². The second kappa shape index (κ2) is 5.74. The standard InChI is InChI=1S/C17H20N2O2/c1-11-4-3-5-14-12(2)16(21-15(11)14)17(20)19-10-13-6-8-18-9-7-13/h3-6,18H,7-10H2,1-2H3,(H,19,20). The SMILES string of the molecule is Cc1c(C(=O)NCC2=CCNCC2)oc2c(C)cccc12. The van der Waals surface area contributed by atoms with Crippen LogP contribution in [0.2, 0.25) is 0 Å². The zero-order valence-electron chi connectivity index (χ0n) is 12.5. The van der Waals surface area contributed by atoms with Crippen LogP contribution in [0.3, 0.4) is 0 Å². The molecule has 1 aliphatic heterocycles. The highest BCUT2D eigenvalue weighted by molar-refractivity contribution is 5.99. The highest BCUT2D eigenvalue weighted by Crippen LogP contribution is 2.27. The summed E-state index contributed by atoms with van der Waals surface area (Å²) in [5.41, 5.74) is 4.04. The Bertz CT molecular complexity index is 713. The van der Waals surface area contributed by atoms with Crippen LogP contribution in [0.25, 0.3) is 11.0 Å². The van der Waals surface area contributed by atoms with Gasteiger partial charge in [0, 0.05) is 24.0 Å². The van der Waals surface area contributed by atoms with E-state index in [-0.39, 0.29) is 5.91 Å². The highest BCUT2D eigenvalue weighted by Gasteiger charge is 2.18. The van der Waals surface area contributed by atoms with Gasteiger partial charge in [0.25, 0.3) is 5.91 Å². The molecule has 1 amide bonds. The summed E-state index contributed by atoms with van der Waals surface area (Å²) in [6.07, 6.45) is 3.12. The zero-order valence-corrected chi connectivity index (χ0v) is 12.5. The van der Waals surface area contributed by atoms with E-state index in [1.807, 2.05) is 32.0 Å². The fraction of sp³-hybridized carbons (Fsp3) is 0.353. The second-order valence-electron chi connectivity index (χ2n) is 5.51. The van der Waals surface area contributed by atoms with E-state index in [0.29, 0.717) is 12.3 Å². The van der Waals surface area contributed by atoms with Gasteiger partial charge < -0.3 is 15.1 Å². The Morgan fingerprint density at radius 1 is 1.38 bits per heavy atom. The van der Waals surface area contributed by atoms with Gasteiger partial charge in [-0.1, -0.05) is 29.8 Å². The van der Waals surface area contributed by atoms with Gasteiger partial charge in [0.15, 0.2) is 5.76 Å². The molecule has 1 aromatic carbocycles. The van der Waals surface area contributed by atoms with Crippen molar-refractivity contribution in [1.82, 2.24) is 10.6 Å². The summed E-state index contributed by atoms with van der Waals surface area (Å²) in [6, 6.07) is 5.97. The number of benzene rings is 1. The molecule has 2 aromatic rings. The Morgan fingerprint density at radius 3 is 2.95 bits per heavy atom. The first kappa shape index (κ1) is 13.9. The van der Waals surface area contributed by atoms with Crippen LogP contribution in [0.1, 0.15) is 28.1 Å². The van der Waals surface area contributed by atoms with Gasteiger partial charge in [0.1, 0.15) is 5.58 Å². The van der Waals surface area contributed by atoms with E-state index in [9.17, 15) is 4.79 Å². The number of fused-ring (bicyclic) bond motifs is 1. The Hall–Kier alpha value is -2.07. The number of nitrogens with one attached hydrogen (secondary N) is 2. The van der Waals surface area contributed by atoms with E-state index in [4.69, 9.17) is 4.42 Å². The number of carbonyl (C=O) groups excluding carboxylic acids is 1. The first-order valence-corrected chi connectivity index (χ1v) is 7.32. The topological polar surface area (TPSA) is 54.3 Å². The number of rotatable bonds is 3. The molecule has 0 atom stereocenters. The normalized spacial score (nSPS) is 15.0. The highest BCUT2D eigenvalue weighted by atomic mass is 16.3. The number of amides is 1. The molecule has 0 unspecified atom stereocenters. The van der Waals surface area contributed by atoms with E-state index >= 15 is 0 Å². The minimum Gasteiger partial charge on any atom is -0.450 e. The van der Waals surface area contributed by atoms with Crippen LogP contribution < -0.4 is 10.6 Å². The van der Waals surface area contributed by atoms with Crippen molar-refractivity contribution >= 4 is 16.9 Å². The van der Waals surface area contributed by atoms with Crippen LogP contribution in [0.4, 0.5) is 0 Å². The fourth-order valence-electron chi connectivity index (χ4n) is 2.71. The van der Waals surface area contributed by atoms with Gasteiger partial charge in [-0.25, -0.2) is 0 Å². The van der Waals surface area contributed by atoms with Crippen molar-refractivity contribution in [2.45, 2.75) is 20.3 Å². The van der Waals surface area contributed by atoms with Gasteiger partial charge in [-0.2, -0.15) is 0 Å². The van der Waals surface area contributed by atoms with Crippen LogP contribution in [0, 0.1) is 13.8 Å². The molecule has 0 bridgehead atoms. The monoisotopic (exact) mass is 284 g/mol. The lowest BCUT2D eigenvalue weighted by Gasteiger charge is -2.14. The van der Waals surface area contributed by atoms with Gasteiger partial charge in [0.2, 0.25) is 0 Å². The summed E-state index contributed by atoms with van der Waals surface area (Å²) >= 11 is 0. The van der Waals surface area contributed by atoms with Gasteiger partial charge >= 0.3 is 0 Å². The largest absolute Gasteiger partial charge is 0.450 e. The predicted molar refractivity (Wildman–Crippen MR) is 83.6 cm³/mol. The number of furan rings is 1. The Balaban J connectivity index is 1.80. The number of para-hydroxylation sites is 1. The molecule has 2 heterocycles. The molecule has 2 N–H and O–H groups in total. The fourth-order valence-corrected chi connectivity index (χ4v) is 2.71. The smallest absolute Gasteiger partial charge is 0.287 e. The van der Waals surface area contributed by atoms with Gasteiger partial charge in [-0.15, -0.1) is 0 Å². The minimum absolute atomic E-state index is 0.137. The van der Waals surface area contributed by atoms with E-state index in [1.165, 1.54) is 5.57 Å². The average Bonchev–Trinajstić information content (AvgIpc) is 2.85. The molecular formula is C17H20N2O2. The van der Waals surface area contributed by atoms with Crippen molar-refractivity contribution in [3.05, 3.63) is 46.7 Å². The van der Waals surface area contributed by atoms with Gasteiger partial charge in [0.05, 0.1) is 0 Å². The summed E-state index contributed by atoms with van der Waals surface area (Å²) < 4.78 is 5.79. The van der Waals surface area contributed by atoms with Crippen LogP contribution in [-0.2, 0) is 0 Å². The van der Waals surface area contributed by atoms with Crippen molar-refractivity contribution < 1.29 is 9.21 Å². The summed E-state index contributed by atoms with van der Waals surface area (Å²) in [6.45, 7) is 6.38. The molecule has 0 saturated heterocycles. The van der Waals surface area contributed by atoms with Gasteiger partial charge in [-0.3, -0.25) is 4.79 Å². The quantitative estimate of drug-likeness (QED) is 0.852. The number of aryl methyl sites for hydroxylation is 2. The van der Waals surface area contributed by atoms with Crippen LogP contribution in [-0.4, -0.2) is 25.5 Å². The molecule has 0 spiro atoms. The third-order valence-corrected chi connectivity index (χ3v) is 4.00. The molecule has 0 aliphatic carbocycles. The van der Waals surface area contributed by atoms with Crippen molar-refractivity contribution in [2.24, 2.45) is 0 Å². The number of carbonyl (C=O) groups is 1. The molecule has 21 heavy (non-hydrogen) atoms. The molecular weight excluding hydrogens is 264 g/mol. The molecule has 0 saturated carbocycles. The predicted octanol–water partition coefficient (Wildman–Crippen LogP) is 2.70. The van der Waals surface area contributed by atoms with E-state index in [0.717, 1.165) is 41.6 Å². The van der Waals surface area contributed by atoms with Crippen LogP contribution in [0.15, 0.2) is 34.3 Å². The first-order valence-electron chi connectivity index (χ1n) is 7.32. The summed E-state index contributed by atoms with van der Waals surface area (Å²) in [5, 5.41) is 7.24. The van der Waals surface area contributed by atoms with Gasteiger partial charge in [-0.05, 0) is 32.4 Å². The maximum Gasteiger partial charge on any atom is 0.287 e. The summed E-state index contributed by atoms with van der Waals surface area (Å²) in [7, 11) is 0. The summed E-state index contributed by atoms with van der Waals surface area (Å²) in [5.74, 6) is 0.288. The van der Waals surface area contributed by atoms with E-state index in [1.54, 1.807) is 0 Å². The lowest BCUT2D eigenvalue weighted by Crippen LogP contribution is -2.29. The maximum absolute atomic E-state index is 12.3. The molecule has 1 aromatic heterocycles. The summed E-state index contributed by atoms with van der Waals surface area (Å²) in [4.78, 5) is 12.3. The third kappa shape index (κ3) is 2.72. The van der Waals surface area contributed by atoms with Crippen molar-refractivity contribution in [3.63, 3.8) is 0 Å². The minimum atomic E-state index is -0.137. The zero-order chi connectivity index (χ0) is 14.8. The molecule has 1 aliphatic rings. The molecule has 3 rings (SSSR count). The van der Waals surface area contributed by atoms with Crippen molar-refractivity contribution in [2.75, 3.05) is 19.6 Å². The average molecular weight is 284 g/mol. The maximum atomic E-state index is 12.3. The lowest BCUT2D eigenvalue weighted by atomic mass is 10.1. The molecule has 4 nitrogen and oxygen atoms in total.